The SMILES string of the molecule is CN1CCN(C2(CN)CCOCC2)CC1.COc1cc(C(=O)NCC2(N3CCN(C)CC3)CCOCC2)cc(OC)c1OCc1ccccc1.COc1cc(C(=O)O)cc(OC)c1OCc1ccccc1. The van der Waals surface area contributed by atoms with Crippen molar-refractivity contribution >= 4 is 11.9 Å². The molecular weight excluding hydrogens is 909 g/mol. The van der Waals surface area contributed by atoms with E-state index < -0.39 is 5.97 Å². The summed E-state index contributed by atoms with van der Waals surface area (Å²) in [7, 11) is 10.4. The monoisotopic (exact) mass is 985 g/mol. The van der Waals surface area contributed by atoms with Gasteiger partial charge in [-0.05, 0) is 75.2 Å². The zero-order valence-corrected chi connectivity index (χ0v) is 42.6. The highest BCUT2D eigenvalue weighted by Crippen LogP contribution is 2.41. The van der Waals surface area contributed by atoms with Gasteiger partial charge in [0.1, 0.15) is 13.2 Å². The third-order valence-corrected chi connectivity index (χ3v) is 14.0. The summed E-state index contributed by atoms with van der Waals surface area (Å²) >= 11 is 0. The number of carbonyl (C=O) groups excluding carboxylic acids is 1. The molecule has 0 aliphatic carbocycles. The first-order valence-electron chi connectivity index (χ1n) is 24.6. The second kappa shape index (κ2) is 27.2. The lowest BCUT2D eigenvalue weighted by Gasteiger charge is -2.49. The molecule has 4 fully saturated rings. The Balaban J connectivity index is 0.000000193. The smallest absolute Gasteiger partial charge is 0.335 e. The lowest BCUT2D eigenvalue weighted by Crippen LogP contribution is -2.62. The zero-order valence-electron chi connectivity index (χ0n) is 42.6. The van der Waals surface area contributed by atoms with Crippen molar-refractivity contribution in [1.29, 1.82) is 0 Å². The van der Waals surface area contributed by atoms with E-state index in [0.717, 1.165) is 109 Å². The number of aromatic carboxylic acids is 1. The number of nitrogens with one attached hydrogen (secondary N) is 1. The number of likely N-dealkylation sites (N-methyl/N-ethyl adjacent to an activating group) is 2. The number of nitrogens with two attached hydrogens (primary N) is 1. The largest absolute Gasteiger partial charge is 0.493 e. The van der Waals surface area contributed by atoms with Crippen LogP contribution in [0.15, 0.2) is 84.9 Å². The second-order valence-electron chi connectivity index (χ2n) is 18.4. The number of benzene rings is 4. The highest BCUT2D eigenvalue weighted by atomic mass is 16.5. The molecule has 4 heterocycles. The van der Waals surface area contributed by atoms with E-state index in [4.69, 9.17) is 48.7 Å². The van der Waals surface area contributed by atoms with Gasteiger partial charge in [-0.1, -0.05) is 60.7 Å². The predicted octanol–water partition coefficient (Wildman–Crippen LogP) is 5.53. The summed E-state index contributed by atoms with van der Waals surface area (Å²) in [6.07, 6.45) is 4.03. The fourth-order valence-corrected chi connectivity index (χ4v) is 9.42. The number of carboxylic acid groups (broad SMARTS) is 1. The van der Waals surface area contributed by atoms with Gasteiger partial charge in [0.15, 0.2) is 23.0 Å². The van der Waals surface area contributed by atoms with Crippen molar-refractivity contribution in [2.75, 3.05) is 134 Å². The molecule has 388 valence electrons. The third kappa shape index (κ3) is 14.9. The number of carboxylic acids is 1. The number of carbonyl (C=O) groups is 2. The van der Waals surface area contributed by atoms with Gasteiger partial charge in [-0.15, -0.1) is 0 Å². The van der Waals surface area contributed by atoms with Gasteiger partial charge in [0.2, 0.25) is 11.5 Å². The van der Waals surface area contributed by atoms with Gasteiger partial charge in [-0.2, -0.15) is 0 Å². The van der Waals surface area contributed by atoms with Crippen molar-refractivity contribution < 1.29 is 52.6 Å². The van der Waals surface area contributed by atoms with E-state index in [-0.39, 0.29) is 22.5 Å². The summed E-state index contributed by atoms with van der Waals surface area (Å²) < 4.78 is 44.4. The van der Waals surface area contributed by atoms with E-state index >= 15 is 0 Å². The maximum Gasteiger partial charge on any atom is 0.335 e. The molecule has 0 radical (unpaired) electrons. The molecule has 4 aromatic rings. The Morgan fingerprint density at radius 1 is 0.577 bits per heavy atom. The van der Waals surface area contributed by atoms with Gasteiger partial charge in [-0.25, -0.2) is 4.79 Å². The topological polar surface area (TPSA) is 179 Å². The Kier molecular flexibility index (Phi) is 21.0. The van der Waals surface area contributed by atoms with Crippen molar-refractivity contribution in [3.8, 4) is 34.5 Å². The molecule has 1 amide bonds. The molecule has 4 saturated heterocycles. The van der Waals surface area contributed by atoms with Crippen LogP contribution in [-0.4, -0.2) is 182 Å². The normalized spacial score (nSPS) is 18.3. The predicted molar refractivity (Wildman–Crippen MR) is 273 cm³/mol. The van der Waals surface area contributed by atoms with Crippen LogP contribution in [0.1, 0.15) is 57.5 Å². The van der Waals surface area contributed by atoms with E-state index in [2.05, 4.69) is 39.0 Å². The Labute approximate surface area is 419 Å². The molecule has 17 heteroatoms. The molecule has 4 aliphatic heterocycles. The van der Waals surface area contributed by atoms with Crippen molar-refractivity contribution in [2.24, 2.45) is 5.73 Å². The number of amides is 1. The minimum atomic E-state index is -1.05. The van der Waals surface area contributed by atoms with Crippen molar-refractivity contribution in [2.45, 2.75) is 50.0 Å². The van der Waals surface area contributed by atoms with Crippen LogP contribution < -0.4 is 39.5 Å². The molecule has 4 aliphatic rings. The first kappa shape index (κ1) is 54.7. The standard InChI is InChI=1S/C27H37N3O5.C16H16O5.C11H23N3O/c1-29-11-13-30(14-12-29)27(9-15-34-16-10-27)20-28-26(31)22-17-23(32-2)25(24(18-22)33-3)35-19-21-7-5-4-6-8-21;1-19-13-8-12(16(17)18)9-14(20-2)15(13)21-10-11-6-4-3-5-7-11;1-13-4-6-14(7-5-13)11(10-12)2-8-15-9-3-11/h4-8,17-18H,9-16,19-20H2,1-3H3,(H,28,31);3-9H,10H2,1-2H3,(H,17,18);2-10,12H2,1H3. The Morgan fingerprint density at radius 2 is 0.944 bits per heavy atom. The van der Waals surface area contributed by atoms with Gasteiger partial charge in [0.05, 0.1) is 34.0 Å². The Morgan fingerprint density at radius 3 is 1.31 bits per heavy atom. The zero-order chi connectivity index (χ0) is 50.6. The molecule has 4 N–H and O–H groups in total. The molecule has 0 aromatic heterocycles. The van der Waals surface area contributed by atoms with Crippen molar-refractivity contribution in [1.82, 2.24) is 24.9 Å². The summed E-state index contributed by atoms with van der Waals surface area (Å²) in [6.45, 7) is 14.0. The molecule has 71 heavy (non-hydrogen) atoms. The van der Waals surface area contributed by atoms with Crippen LogP contribution in [-0.2, 0) is 22.7 Å². The average Bonchev–Trinajstić information content (AvgIpc) is 3.42. The molecule has 0 saturated carbocycles. The summed E-state index contributed by atoms with van der Waals surface area (Å²) in [5.41, 5.74) is 8.73. The van der Waals surface area contributed by atoms with Crippen LogP contribution in [0.4, 0.5) is 0 Å². The van der Waals surface area contributed by atoms with E-state index in [9.17, 15) is 9.59 Å². The molecule has 4 aromatic carbocycles. The van der Waals surface area contributed by atoms with Crippen LogP contribution in [0.25, 0.3) is 0 Å². The van der Waals surface area contributed by atoms with Crippen molar-refractivity contribution in [3.05, 3.63) is 107 Å². The number of piperazine rings is 2. The number of ether oxygens (including phenoxy) is 8. The molecular formula is C54H76N6O11. The summed E-state index contributed by atoms with van der Waals surface area (Å²) in [5.74, 6) is 1.22. The second-order valence-corrected chi connectivity index (χ2v) is 18.4. The highest BCUT2D eigenvalue weighted by molar-refractivity contribution is 5.95. The highest BCUT2D eigenvalue weighted by Gasteiger charge is 2.40. The summed E-state index contributed by atoms with van der Waals surface area (Å²) in [6, 6.07) is 25.8. The van der Waals surface area contributed by atoms with E-state index in [1.54, 1.807) is 26.4 Å². The van der Waals surface area contributed by atoms with Gasteiger partial charge >= 0.3 is 5.97 Å². The quantitative estimate of drug-likeness (QED) is 0.120. The van der Waals surface area contributed by atoms with E-state index in [0.29, 0.717) is 59.8 Å². The maximum atomic E-state index is 13.3. The van der Waals surface area contributed by atoms with Crippen LogP contribution in [0.2, 0.25) is 0 Å². The first-order valence-corrected chi connectivity index (χ1v) is 24.6. The van der Waals surface area contributed by atoms with Crippen LogP contribution in [0, 0.1) is 0 Å². The molecule has 17 nitrogen and oxygen atoms in total. The molecule has 0 unspecified atom stereocenters. The van der Waals surface area contributed by atoms with E-state index in [1.807, 2.05) is 60.7 Å². The number of nitrogens with zero attached hydrogens (tertiary/aromatic N) is 4. The van der Waals surface area contributed by atoms with E-state index in [1.165, 1.54) is 39.4 Å². The Bertz CT molecular complexity index is 2190. The number of methoxy groups -OCH3 is 4. The van der Waals surface area contributed by atoms with Gasteiger partial charge in [0.25, 0.3) is 5.91 Å². The maximum absolute atomic E-state index is 13.3. The average molecular weight is 985 g/mol. The minimum Gasteiger partial charge on any atom is -0.493 e. The van der Waals surface area contributed by atoms with Crippen LogP contribution >= 0.6 is 0 Å². The van der Waals surface area contributed by atoms with Gasteiger partial charge in [0, 0.05) is 109 Å². The van der Waals surface area contributed by atoms with Gasteiger partial charge in [-0.3, -0.25) is 14.6 Å². The number of hydrogen-bond donors (Lipinski definition) is 3. The number of rotatable bonds is 17. The molecule has 0 spiro atoms. The third-order valence-electron chi connectivity index (χ3n) is 14.0. The number of hydrogen-bond acceptors (Lipinski definition) is 15. The summed E-state index contributed by atoms with van der Waals surface area (Å²) in [5, 5.41) is 12.3. The fourth-order valence-electron chi connectivity index (χ4n) is 9.42. The fraction of sp³-hybridized carbons (Fsp3) is 0.519. The van der Waals surface area contributed by atoms with Gasteiger partial charge < -0.3 is 63.9 Å². The minimum absolute atomic E-state index is 0.0794. The lowest BCUT2D eigenvalue weighted by atomic mass is 9.87. The van der Waals surface area contributed by atoms with Crippen LogP contribution in [0.5, 0.6) is 34.5 Å². The Hall–Kier alpha value is -5.66. The summed E-state index contributed by atoms with van der Waals surface area (Å²) in [4.78, 5) is 34.2. The molecule has 8 rings (SSSR count). The first-order chi connectivity index (χ1) is 34.5. The van der Waals surface area contributed by atoms with Crippen LogP contribution in [0.3, 0.4) is 0 Å². The molecule has 0 bridgehead atoms. The van der Waals surface area contributed by atoms with Crippen molar-refractivity contribution in [3.63, 3.8) is 0 Å². The molecule has 0 atom stereocenters. The lowest BCUT2D eigenvalue weighted by molar-refractivity contribution is -0.0430.